The fourth-order valence-electron chi connectivity index (χ4n) is 3.18. The first-order valence-electron chi connectivity index (χ1n) is 8.28. The van der Waals surface area contributed by atoms with Crippen LogP contribution in [-0.4, -0.2) is 48.5 Å². The summed E-state index contributed by atoms with van der Waals surface area (Å²) in [7, 11) is 1.61. The van der Waals surface area contributed by atoms with E-state index < -0.39 is 0 Å². The minimum Gasteiger partial charge on any atom is -0.383 e. The van der Waals surface area contributed by atoms with Crippen molar-refractivity contribution in [1.29, 1.82) is 0 Å². The second-order valence-corrected chi connectivity index (χ2v) is 6.14. The third kappa shape index (κ3) is 3.59. The van der Waals surface area contributed by atoms with Gasteiger partial charge in [0.1, 0.15) is 0 Å². The van der Waals surface area contributed by atoms with Crippen molar-refractivity contribution in [3.63, 3.8) is 0 Å². The summed E-state index contributed by atoms with van der Waals surface area (Å²) in [5.41, 5.74) is 2.15. The lowest BCUT2D eigenvalue weighted by Gasteiger charge is -2.31. The number of nitrogens with zero attached hydrogens (tertiary/aromatic N) is 1. The van der Waals surface area contributed by atoms with Crippen molar-refractivity contribution in [2.75, 3.05) is 26.8 Å². The predicted octanol–water partition coefficient (Wildman–Crippen LogP) is 1.67. The summed E-state index contributed by atoms with van der Waals surface area (Å²) in [5.74, 6) is -0.0318. The minimum absolute atomic E-state index is 0.0115. The third-order valence-electron chi connectivity index (χ3n) is 4.57. The molecule has 1 aromatic carbocycles. The van der Waals surface area contributed by atoms with Crippen LogP contribution in [0.25, 0.3) is 10.9 Å². The van der Waals surface area contributed by atoms with E-state index in [-0.39, 0.29) is 17.7 Å². The Hall–Kier alpha value is -2.34. The van der Waals surface area contributed by atoms with Gasteiger partial charge in [0.05, 0.1) is 12.5 Å². The van der Waals surface area contributed by atoms with Gasteiger partial charge in [0.25, 0.3) is 0 Å². The highest BCUT2D eigenvalue weighted by Gasteiger charge is 2.29. The second-order valence-electron chi connectivity index (χ2n) is 6.14. The number of aromatic nitrogens is 1. The summed E-state index contributed by atoms with van der Waals surface area (Å²) in [6.07, 6.45) is 2.94. The lowest BCUT2D eigenvalue weighted by Crippen LogP contribution is -2.46. The van der Waals surface area contributed by atoms with Gasteiger partial charge in [0.2, 0.25) is 11.8 Å². The summed E-state index contributed by atoms with van der Waals surface area (Å²) >= 11 is 0. The van der Waals surface area contributed by atoms with E-state index in [0.29, 0.717) is 39.1 Å². The molecule has 6 nitrogen and oxygen atoms in total. The molecule has 2 N–H and O–H groups in total. The molecule has 1 atom stereocenters. The van der Waals surface area contributed by atoms with Crippen LogP contribution in [0.5, 0.6) is 0 Å². The highest BCUT2D eigenvalue weighted by Crippen LogP contribution is 2.19. The number of H-pyrrole nitrogens is 1. The first-order valence-corrected chi connectivity index (χ1v) is 8.28. The van der Waals surface area contributed by atoms with Crippen LogP contribution in [0.4, 0.5) is 0 Å². The smallest absolute Gasteiger partial charge is 0.225 e. The van der Waals surface area contributed by atoms with E-state index in [1.54, 1.807) is 12.0 Å². The van der Waals surface area contributed by atoms with Gasteiger partial charge in [-0.1, -0.05) is 12.1 Å². The molecule has 1 unspecified atom stereocenters. The van der Waals surface area contributed by atoms with Gasteiger partial charge in [-0.3, -0.25) is 9.59 Å². The summed E-state index contributed by atoms with van der Waals surface area (Å²) < 4.78 is 5.03. The van der Waals surface area contributed by atoms with Crippen LogP contribution in [-0.2, 0) is 20.9 Å². The molecule has 2 heterocycles. The number of hydrogen-bond acceptors (Lipinski definition) is 3. The second kappa shape index (κ2) is 7.49. The highest BCUT2D eigenvalue weighted by molar-refractivity contribution is 5.85. The zero-order chi connectivity index (χ0) is 16.9. The van der Waals surface area contributed by atoms with Crippen LogP contribution < -0.4 is 5.32 Å². The van der Waals surface area contributed by atoms with Crippen LogP contribution in [0, 0.1) is 5.92 Å². The monoisotopic (exact) mass is 329 g/mol. The molecule has 1 saturated heterocycles. The van der Waals surface area contributed by atoms with Gasteiger partial charge in [0, 0.05) is 50.3 Å². The van der Waals surface area contributed by atoms with E-state index in [0.717, 1.165) is 16.5 Å². The molecule has 1 aromatic heterocycles. The summed E-state index contributed by atoms with van der Waals surface area (Å²) in [6.45, 7) is 2.01. The van der Waals surface area contributed by atoms with Crippen molar-refractivity contribution in [1.82, 2.24) is 15.2 Å². The minimum atomic E-state index is -0.148. The molecule has 128 valence electrons. The SMILES string of the molecule is COCCN1CC(C(=O)NCc2cccc3[nH]ccc23)CCC1=O. The Morgan fingerprint density at radius 3 is 3.12 bits per heavy atom. The predicted molar refractivity (Wildman–Crippen MR) is 91.3 cm³/mol. The van der Waals surface area contributed by atoms with Gasteiger partial charge < -0.3 is 19.9 Å². The molecular weight excluding hydrogens is 306 g/mol. The van der Waals surface area contributed by atoms with Crippen LogP contribution >= 0.6 is 0 Å². The Labute approximate surface area is 141 Å². The summed E-state index contributed by atoms with van der Waals surface area (Å²) in [4.78, 5) is 29.3. The van der Waals surface area contributed by atoms with Crippen LogP contribution in [0.15, 0.2) is 30.5 Å². The Morgan fingerprint density at radius 2 is 2.29 bits per heavy atom. The van der Waals surface area contributed by atoms with Gasteiger partial charge in [-0.05, 0) is 24.1 Å². The lowest BCUT2D eigenvalue weighted by molar-refractivity contribution is -0.138. The molecule has 1 fully saturated rings. The molecule has 0 saturated carbocycles. The van der Waals surface area contributed by atoms with E-state index in [2.05, 4.69) is 10.3 Å². The highest BCUT2D eigenvalue weighted by atomic mass is 16.5. The molecule has 24 heavy (non-hydrogen) atoms. The number of rotatable bonds is 6. The number of carbonyl (C=O) groups is 2. The van der Waals surface area contributed by atoms with Crippen LogP contribution in [0.2, 0.25) is 0 Å². The quantitative estimate of drug-likeness (QED) is 0.846. The molecule has 3 rings (SSSR count). The van der Waals surface area contributed by atoms with Crippen molar-refractivity contribution in [2.45, 2.75) is 19.4 Å². The van der Waals surface area contributed by atoms with E-state index >= 15 is 0 Å². The van der Waals surface area contributed by atoms with Crippen LogP contribution in [0.3, 0.4) is 0 Å². The maximum Gasteiger partial charge on any atom is 0.225 e. The van der Waals surface area contributed by atoms with Crippen molar-refractivity contribution in [3.05, 3.63) is 36.0 Å². The number of hydrogen-bond donors (Lipinski definition) is 2. The Morgan fingerprint density at radius 1 is 1.42 bits per heavy atom. The van der Waals surface area contributed by atoms with Crippen molar-refractivity contribution in [2.24, 2.45) is 5.92 Å². The fraction of sp³-hybridized carbons (Fsp3) is 0.444. The maximum absolute atomic E-state index is 12.5. The Balaban J connectivity index is 1.58. The molecule has 2 amide bonds. The number of fused-ring (bicyclic) bond motifs is 1. The molecule has 0 radical (unpaired) electrons. The van der Waals surface area contributed by atoms with E-state index in [4.69, 9.17) is 4.74 Å². The van der Waals surface area contributed by atoms with Crippen molar-refractivity contribution >= 4 is 22.7 Å². The molecule has 1 aliphatic heterocycles. The lowest BCUT2D eigenvalue weighted by atomic mass is 9.96. The first kappa shape index (κ1) is 16.5. The molecule has 1 aliphatic rings. The Kier molecular flexibility index (Phi) is 5.15. The number of aromatic amines is 1. The molecular formula is C18H23N3O3. The molecule has 0 spiro atoms. The summed E-state index contributed by atoms with van der Waals surface area (Å²) in [5, 5.41) is 4.14. The van der Waals surface area contributed by atoms with Gasteiger partial charge in [0.15, 0.2) is 0 Å². The first-order chi connectivity index (χ1) is 11.7. The van der Waals surface area contributed by atoms with Crippen molar-refractivity contribution in [3.8, 4) is 0 Å². The standard InChI is InChI=1S/C18H23N3O3/c1-24-10-9-21-12-14(5-6-17(21)22)18(23)20-11-13-3-2-4-16-15(13)7-8-19-16/h2-4,7-8,14,19H,5-6,9-12H2,1H3,(H,20,23). The number of nitrogens with one attached hydrogen (secondary N) is 2. The zero-order valence-corrected chi connectivity index (χ0v) is 13.9. The molecule has 0 aliphatic carbocycles. The topological polar surface area (TPSA) is 74.4 Å². The number of ether oxygens (including phenoxy) is 1. The number of carbonyl (C=O) groups excluding carboxylic acids is 2. The number of benzene rings is 1. The zero-order valence-electron chi connectivity index (χ0n) is 13.9. The average molecular weight is 329 g/mol. The number of methoxy groups -OCH3 is 1. The normalized spacial score (nSPS) is 18.1. The maximum atomic E-state index is 12.5. The van der Waals surface area contributed by atoms with Crippen molar-refractivity contribution < 1.29 is 14.3 Å². The molecule has 6 heteroatoms. The number of amides is 2. The fourth-order valence-corrected chi connectivity index (χ4v) is 3.18. The molecule has 2 aromatic rings. The van der Waals surface area contributed by atoms with Gasteiger partial charge in [-0.15, -0.1) is 0 Å². The number of likely N-dealkylation sites (tertiary alicyclic amines) is 1. The van der Waals surface area contributed by atoms with Gasteiger partial charge >= 0.3 is 0 Å². The van der Waals surface area contributed by atoms with E-state index in [1.165, 1.54) is 0 Å². The van der Waals surface area contributed by atoms with Crippen LogP contribution in [0.1, 0.15) is 18.4 Å². The van der Waals surface area contributed by atoms with Gasteiger partial charge in [-0.25, -0.2) is 0 Å². The summed E-state index contributed by atoms with van der Waals surface area (Å²) in [6, 6.07) is 8.03. The van der Waals surface area contributed by atoms with E-state index in [1.807, 2.05) is 30.5 Å². The third-order valence-corrected chi connectivity index (χ3v) is 4.57. The van der Waals surface area contributed by atoms with Gasteiger partial charge in [-0.2, -0.15) is 0 Å². The average Bonchev–Trinajstić information content (AvgIpc) is 3.08. The number of piperidine rings is 1. The molecule has 0 bridgehead atoms. The van der Waals surface area contributed by atoms with E-state index in [9.17, 15) is 9.59 Å². The largest absolute Gasteiger partial charge is 0.383 e. The Bertz CT molecular complexity index is 725.